The lowest BCUT2D eigenvalue weighted by Gasteiger charge is -2.36. The number of thiol groups is 1. The van der Waals surface area contributed by atoms with Gasteiger partial charge in [0.15, 0.2) is 0 Å². The Morgan fingerprint density at radius 2 is 2.06 bits per heavy atom. The maximum Gasteiger partial charge on any atom is 0.0702 e. The van der Waals surface area contributed by atoms with Gasteiger partial charge in [0.25, 0.3) is 0 Å². The quantitative estimate of drug-likeness (QED) is 0.765. The van der Waals surface area contributed by atoms with Crippen LogP contribution in [0.3, 0.4) is 0 Å². The van der Waals surface area contributed by atoms with Crippen LogP contribution in [-0.2, 0) is 4.74 Å². The van der Waals surface area contributed by atoms with Crippen LogP contribution in [0.2, 0.25) is 0 Å². The molecule has 0 amide bonds. The summed E-state index contributed by atoms with van der Waals surface area (Å²) in [5.74, 6) is 1.59. The van der Waals surface area contributed by atoms with E-state index in [9.17, 15) is 0 Å². The molecule has 16 heavy (non-hydrogen) atoms. The van der Waals surface area contributed by atoms with E-state index in [1.54, 1.807) is 0 Å². The van der Waals surface area contributed by atoms with Gasteiger partial charge >= 0.3 is 0 Å². The molecule has 1 heterocycles. The standard InChI is InChI=1S/C13H27NOS/c1-10-12(6-7-15-10)14(5)8-11(9-16)13(2,3)4/h10-12,16H,6-9H2,1-5H3. The van der Waals surface area contributed by atoms with Gasteiger partial charge in [0.2, 0.25) is 0 Å². The Morgan fingerprint density at radius 3 is 2.44 bits per heavy atom. The minimum Gasteiger partial charge on any atom is -0.377 e. The van der Waals surface area contributed by atoms with Crippen molar-refractivity contribution < 1.29 is 4.74 Å². The van der Waals surface area contributed by atoms with E-state index in [0.717, 1.165) is 18.9 Å². The second-order valence-corrected chi connectivity index (χ2v) is 6.48. The fourth-order valence-electron chi connectivity index (χ4n) is 2.39. The molecule has 0 radical (unpaired) electrons. The molecular weight excluding hydrogens is 218 g/mol. The number of likely N-dealkylation sites (N-methyl/N-ethyl adjacent to an activating group) is 1. The van der Waals surface area contributed by atoms with Crippen LogP contribution in [0.25, 0.3) is 0 Å². The predicted octanol–water partition coefficient (Wildman–Crippen LogP) is 2.69. The van der Waals surface area contributed by atoms with Gasteiger partial charge in [-0.05, 0) is 37.5 Å². The van der Waals surface area contributed by atoms with Crippen molar-refractivity contribution in [3.8, 4) is 0 Å². The van der Waals surface area contributed by atoms with Crippen molar-refractivity contribution in [3.63, 3.8) is 0 Å². The lowest BCUT2D eigenvalue weighted by atomic mass is 9.81. The molecule has 3 atom stereocenters. The van der Waals surface area contributed by atoms with Crippen molar-refractivity contribution in [1.82, 2.24) is 4.90 Å². The summed E-state index contributed by atoms with van der Waals surface area (Å²) in [6.07, 6.45) is 1.55. The molecule has 1 saturated heterocycles. The number of hydrogen-bond donors (Lipinski definition) is 1. The zero-order chi connectivity index (χ0) is 12.3. The molecule has 3 unspecified atom stereocenters. The van der Waals surface area contributed by atoms with Crippen molar-refractivity contribution in [2.45, 2.75) is 46.3 Å². The fourth-order valence-corrected chi connectivity index (χ4v) is 3.05. The van der Waals surface area contributed by atoms with Gasteiger partial charge in [-0.2, -0.15) is 12.6 Å². The second-order valence-electron chi connectivity index (χ2n) is 6.12. The number of rotatable bonds is 4. The van der Waals surface area contributed by atoms with Gasteiger partial charge in [-0.15, -0.1) is 0 Å². The highest BCUT2D eigenvalue weighted by Crippen LogP contribution is 2.29. The van der Waals surface area contributed by atoms with Gasteiger partial charge in [-0.25, -0.2) is 0 Å². The number of ether oxygens (including phenoxy) is 1. The van der Waals surface area contributed by atoms with E-state index in [1.165, 1.54) is 6.42 Å². The fraction of sp³-hybridized carbons (Fsp3) is 1.00. The molecular formula is C13H27NOS. The molecule has 1 rings (SSSR count). The van der Waals surface area contributed by atoms with Crippen LogP contribution in [0.1, 0.15) is 34.1 Å². The highest BCUT2D eigenvalue weighted by atomic mass is 32.1. The van der Waals surface area contributed by atoms with Crippen LogP contribution in [0, 0.1) is 11.3 Å². The molecule has 0 aromatic rings. The Bertz CT molecular complexity index is 214. The van der Waals surface area contributed by atoms with Gasteiger partial charge in [0, 0.05) is 19.2 Å². The SMILES string of the molecule is CC1OCCC1N(C)CC(CS)C(C)(C)C. The lowest BCUT2D eigenvalue weighted by Crippen LogP contribution is -2.42. The first-order valence-corrected chi connectivity index (χ1v) is 6.92. The van der Waals surface area contributed by atoms with E-state index in [1.807, 2.05) is 0 Å². The van der Waals surface area contributed by atoms with Gasteiger partial charge in [0.05, 0.1) is 6.10 Å². The zero-order valence-electron chi connectivity index (χ0n) is 11.4. The van der Waals surface area contributed by atoms with E-state index in [-0.39, 0.29) is 0 Å². The highest BCUT2D eigenvalue weighted by Gasteiger charge is 2.31. The van der Waals surface area contributed by atoms with Gasteiger partial charge in [-0.3, -0.25) is 0 Å². The molecule has 1 fully saturated rings. The van der Waals surface area contributed by atoms with E-state index < -0.39 is 0 Å². The third-order valence-electron chi connectivity index (χ3n) is 3.86. The summed E-state index contributed by atoms with van der Waals surface area (Å²) in [5, 5.41) is 0. The molecule has 0 bridgehead atoms. The number of nitrogens with zero attached hydrogens (tertiary/aromatic N) is 1. The maximum absolute atomic E-state index is 5.63. The first-order valence-electron chi connectivity index (χ1n) is 6.29. The average Bonchev–Trinajstić information content (AvgIpc) is 2.58. The molecule has 0 aliphatic carbocycles. The third kappa shape index (κ3) is 3.64. The minimum atomic E-state index is 0.332. The summed E-state index contributed by atoms with van der Waals surface area (Å²) in [6, 6.07) is 0.588. The Kier molecular flexibility index (Phi) is 5.14. The van der Waals surface area contributed by atoms with E-state index in [0.29, 0.717) is 23.5 Å². The van der Waals surface area contributed by atoms with Gasteiger partial charge in [-0.1, -0.05) is 20.8 Å². The summed E-state index contributed by atoms with van der Waals surface area (Å²) in [6.45, 7) is 11.1. The normalized spacial score (nSPS) is 28.7. The van der Waals surface area contributed by atoms with E-state index >= 15 is 0 Å². The summed E-state index contributed by atoms with van der Waals surface area (Å²) in [5.41, 5.74) is 0.332. The van der Waals surface area contributed by atoms with Gasteiger partial charge < -0.3 is 9.64 Å². The van der Waals surface area contributed by atoms with Crippen LogP contribution in [0.15, 0.2) is 0 Å². The first kappa shape index (κ1) is 14.3. The molecule has 1 aliphatic rings. The van der Waals surface area contributed by atoms with Crippen LogP contribution in [0.5, 0.6) is 0 Å². The molecule has 0 aromatic heterocycles. The van der Waals surface area contributed by atoms with Crippen LogP contribution >= 0.6 is 12.6 Å². The van der Waals surface area contributed by atoms with Crippen molar-refractivity contribution in [1.29, 1.82) is 0 Å². The van der Waals surface area contributed by atoms with Gasteiger partial charge in [0.1, 0.15) is 0 Å². The summed E-state index contributed by atoms with van der Waals surface area (Å²) in [4.78, 5) is 2.46. The van der Waals surface area contributed by atoms with Crippen LogP contribution in [-0.4, -0.2) is 43.0 Å². The zero-order valence-corrected chi connectivity index (χ0v) is 12.3. The Hall–Kier alpha value is 0.270. The Morgan fingerprint density at radius 1 is 1.44 bits per heavy atom. The van der Waals surface area contributed by atoms with Crippen LogP contribution in [0.4, 0.5) is 0 Å². The summed E-state index contributed by atoms with van der Waals surface area (Å²) < 4.78 is 5.63. The smallest absolute Gasteiger partial charge is 0.0702 e. The first-order chi connectivity index (χ1) is 7.36. The Balaban J connectivity index is 2.51. The molecule has 0 spiro atoms. The molecule has 0 aromatic carbocycles. The van der Waals surface area contributed by atoms with E-state index in [4.69, 9.17) is 4.74 Å². The molecule has 1 aliphatic heterocycles. The maximum atomic E-state index is 5.63. The summed E-state index contributed by atoms with van der Waals surface area (Å²) >= 11 is 4.49. The number of hydrogen-bond acceptors (Lipinski definition) is 3. The largest absolute Gasteiger partial charge is 0.377 e. The minimum absolute atomic E-state index is 0.332. The van der Waals surface area contributed by atoms with Crippen molar-refractivity contribution >= 4 is 12.6 Å². The molecule has 3 heteroatoms. The monoisotopic (exact) mass is 245 g/mol. The van der Waals surface area contributed by atoms with E-state index in [2.05, 4.69) is 52.3 Å². The second kappa shape index (κ2) is 5.74. The molecule has 2 nitrogen and oxygen atoms in total. The average molecular weight is 245 g/mol. The molecule has 96 valence electrons. The topological polar surface area (TPSA) is 12.5 Å². The van der Waals surface area contributed by atoms with Crippen molar-refractivity contribution in [2.75, 3.05) is 26.0 Å². The van der Waals surface area contributed by atoms with Crippen molar-refractivity contribution in [2.24, 2.45) is 11.3 Å². The van der Waals surface area contributed by atoms with Crippen LogP contribution < -0.4 is 0 Å². The summed E-state index contributed by atoms with van der Waals surface area (Å²) in [7, 11) is 2.22. The Labute approximate surface area is 106 Å². The molecule has 0 N–H and O–H groups in total. The molecule has 0 saturated carbocycles. The third-order valence-corrected chi connectivity index (χ3v) is 4.30. The van der Waals surface area contributed by atoms with Crippen molar-refractivity contribution in [3.05, 3.63) is 0 Å². The highest BCUT2D eigenvalue weighted by molar-refractivity contribution is 7.80. The lowest BCUT2D eigenvalue weighted by molar-refractivity contribution is 0.0702. The predicted molar refractivity (Wildman–Crippen MR) is 73.2 cm³/mol.